The number of carbonyl (C=O) groups excluding carboxylic acids is 2. The summed E-state index contributed by atoms with van der Waals surface area (Å²) in [6, 6.07) is 12.7. The highest BCUT2D eigenvalue weighted by molar-refractivity contribution is 7.18. The predicted molar refractivity (Wildman–Crippen MR) is 119 cm³/mol. The number of benzene rings is 2. The molecule has 6 nitrogen and oxygen atoms in total. The quantitative estimate of drug-likeness (QED) is 0.408. The standard InChI is InChI=1S/C23H22N2O4S/c1-5-9-16-12-17(13-18(28-3)20(16)29-4)22(27)25-23-24-19(21(30-23)14(2)26)15-10-7-6-8-11-15/h5-8,10-13H,1,9H2,2-4H3,(H,24,25,27). The Morgan fingerprint density at radius 1 is 1.17 bits per heavy atom. The number of rotatable bonds is 8. The average molecular weight is 423 g/mol. The summed E-state index contributed by atoms with van der Waals surface area (Å²) in [5.41, 5.74) is 2.55. The van der Waals surface area contributed by atoms with Crippen molar-refractivity contribution in [2.24, 2.45) is 0 Å². The van der Waals surface area contributed by atoms with Crippen LogP contribution in [0.15, 0.2) is 55.1 Å². The van der Waals surface area contributed by atoms with E-state index in [0.717, 1.165) is 22.5 Å². The van der Waals surface area contributed by atoms with Gasteiger partial charge in [0, 0.05) is 23.6 Å². The highest BCUT2D eigenvalue weighted by atomic mass is 32.1. The first-order chi connectivity index (χ1) is 14.5. The summed E-state index contributed by atoms with van der Waals surface area (Å²) in [6.45, 7) is 5.24. The molecule has 0 spiro atoms. The number of thiazole rings is 1. The molecule has 0 fully saturated rings. The summed E-state index contributed by atoms with van der Waals surface area (Å²) in [5.74, 6) is 0.555. The van der Waals surface area contributed by atoms with E-state index >= 15 is 0 Å². The highest BCUT2D eigenvalue weighted by Crippen LogP contribution is 2.35. The maximum absolute atomic E-state index is 12.9. The number of carbonyl (C=O) groups is 2. The van der Waals surface area contributed by atoms with Crippen molar-refractivity contribution in [3.8, 4) is 22.8 Å². The van der Waals surface area contributed by atoms with Gasteiger partial charge >= 0.3 is 0 Å². The van der Waals surface area contributed by atoms with Gasteiger partial charge in [0.2, 0.25) is 0 Å². The number of ketones is 1. The summed E-state index contributed by atoms with van der Waals surface area (Å²) < 4.78 is 10.8. The molecule has 0 aliphatic rings. The van der Waals surface area contributed by atoms with Crippen molar-refractivity contribution in [1.82, 2.24) is 4.98 Å². The predicted octanol–water partition coefficient (Wildman–Crippen LogP) is 5.01. The minimum absolute atomic E-state index is 0.105. The second-order valence-electron chi connectivity index (χ2n) is 6.44. The first-order valence-electron chi connectivity index (χ1n) is 9.22. The molecule has 2 aromatic carbocycles. The Hall–Kier alpha value is -3.45. The van der Waals surface area contributed by atoms with Crippen LogP contribution in [0.1, 0.15) is 32.5 Å². The number of hydrogen-bond acceptors (Lipinski definition) is 6. The number of aromatic nitrogens is 1. The molecule has 0 radical (unpaired) electrons. The fourth-order valence-electron chi connectivity index (χ4n) is 3.05. The fraction of sp³-hybridized carbons (Fsp3) is 0.174. The van der Waals surface area contributed by atoms with Gasteiger partial charge in [-0.1, -0.05) is 47.7 Å². The van der Waals surface area contributed by atoms with E-state index in [-0.39, 0.29) is 11.7 Å². The van der Waals surface area contributed by atoms with Crippen molar-refractivity contribution < 1.29 is 19.1 Å². The topological polar surface area (TPSA) is 77.5 Å². The van der Waals surface area contributed by atoms with E-state index in [1.165, 1.54) is 14.0 Å². The summed E-state index contributed by atoms with van der Waals surface area (Å²) in [4.78, 5) is 30.0. The van der Waals surface area contributed by atoms with Crippen LogP contribution in [0.25, 0.3) is 11.3 Å². The Kier molecular flexibility index (Phi) is 6.64. The molecule has 154 valence electrons. The van der Waals surface area contributed by atoms with Gasteiger partial charge < -0.3 is 9.47 Å². The third-order valence-corrected chi connectivity index (χ3v) is 5.47. The Labute approximate surface area is 179 Å². The Morgan fingerprint density at radius 2 is 1.90 bits per heavy atom. The third-order valence-electron chi connectivity index (χ3n) is 4.40. The molecule has 1 amide bonds. The van der Waals surface area contributed by atoms with E-state index < -0.39 is 0 Å². The molecular formula is C23H22N2O4S. The largest absolute Gasteiger partial charge is 0.493 e. The molecule has 0 aliphatic heterocycles. The number of amides is 1. The zero-order valence-electron chi connectivity index (χ0n) is 17.0. The molecule has 0 saturated carbocycles. The normalized spacial score (nSPS) is 10.4. The zero-order chi connectivity index (χ0) is 21.7. The lowest BCUT2D eigenvalue weighted by Crippen LogP contribution is -2.13. The fourth-order valence-corrected chi connectivity index (χ4v) is 3.93. The van der Waals surface area contributed by atoms with E-state index in [2.05, 4.69) is 16.9 Å². The first kappa shape index (κ1) is 21.3. The van der Waals surface area contributed by atoms with E-state index in [1.807, 2.05) is 30.3 Å². The lowest BCUT2D eigenvalue weighted by Gasteiger charge is -2.14. The van der Waals surface area contributed by atoms with Gasteiger partial charge in [-0.25, -0.2) is 4.98 Å². The molecule has 3 rings (SSSR count). The number of nitrogens with one attached hydrogen (secondary N) is 1. The summed E-state index contributed by atoms with van der Waals surface area (Å²) >= 11 is 1.15. The molecule has 3 aromatic rings. The van der Waals surface area contributed by atoms with Gasteiger partial charge in [-0.2, -0.15) is 0 Å². The van der Waals surface area contributed by atoms with E-state index in [0.29, 0.717) is 39.2 Å². The van der Waals surface area contributed by atoms with Crippen molar-refractivity contribution in [3.63, 3.8) is 0 Å². The van der Waals surface area contributed by atoms with Crippen LogP contribution in [0.5, 0.6) is 11.5 Å². The summed E-state index contributed by atoms with van der Waals surface area (Å²) in [6.07, 6.45) is 2.25. The van der Waals surface area contributed by atoms with Crippen LogP contribution in [-0.2, 0) is 6.42 Å². The summed E-state index contributed by atoms with van der Waals surface area (Å²) in [5, 5.41) is 3.15. The zero-order valence-corrected chi connectivity index (χ0v) is 17.8. The number of hydrogen-bond donors (Lipinski definition) is 1. The van der Waals surface area contributed by atoms with Gasteiger partial charge in [-0.05, 0) is 18.6 Å². The third kappa shape index (κ3) is 4.41. The molecule has 0 aliphatic carbocycles. The van der Waals surface area contributed by atoms with Crippen LogP contribution in [0, 0.1) is 0 Å². The molecule has 7 heteroatoms. The second-order valence-corrected chi connectivity index (χ2v) is 7.44. The van der Waals surface area contributed by atoms with E-state index in [4.69, 9.17) is 9.47 Å². The second kappa shape index (κ2) is 9.37. The minimum Gasteiger partial charge on any atom is -0.493 e. The monoisotopic (exact) mass is 422 g/mol. The maximum Gasteiger partial charge on any atom is 0.257 e. The van der Waals surface area contributed by atoms with Crippen LogP contribution in [0.3, 0.4) is 0 Å². The van der Waals surface area contributed by atoms with Crippen LogP contribution >= 0.6 is 11.3 Å². The Bertz CT molecular complexity index is 1090. The number of Topliss-reactive ketones (excluding diaryl/α,β-unsaturated/α-hetero) is 1. The van der Waals surface area contributed by atoms with Crippen LogP contribution in [0.2, 0.25) is 0 Å². The van der Waals surface area contributed by atoms with E-state index in [1.54, 1.807) is 25.3 Å². The number of ether oxygens (including phenoxy) is 2. The number of allylic oxidation sites excluding steroid dienone is 1. The smallest absolute Gasteiger partial charge is 0.257 e. The molecule has 0 bridgehead atoms. The SMILES string of the molecule is C=CCc1cc(C(=O)Nc2nc(-c3ccccc3)c(C(C)=O)s2)cc(OC)c1OC. The Morgan fingerprint density at radius 3 is 2.50 bits per heavy atom. The summed E-state index contributed by atoms with van der Waals surface area (Å²) in [7, 11) is 3.07. The lowest BCUT2D eigenvalue weighted by molar-refractivity contribution is 0.101. The lowest BCUT2D eigenvalue weighted by atomic mass is 10.0. The number of anilines is 1. The van der Waals surface area contributed by atoms with Crippen LogP contribution in [0.4, 0.5) is 5.13 Å². The van der Waals surface area contributed by atoms with Crippen molar-refractivity contribution >= 4 is 28.2 Å². The Balaban J connectivity index is 1.95. The molecule has 0 unspecified atom stereocenters. The van der Waals surface area contributed by atoms with Gasteiger partial charge in [0.25, 0.3) is 5.91 Å². The van der Waals surface area contributed by atoms with E-state index in [9.17, 15) is 9.59 Å². The van der Waals surface area contributed by atoms with Crippen molar-refractivity contribution in [2.45, 2.75) is 13.3 Å². The molecular weight excluding hydrogens is 400 g/mol. The molecule has 1 heterocycles. The number of nitrogens with zero attached hydrogens (tertiary/aromatic N) is 1. The van der Waals surface area contributed by atoms with Crippen LogP contribution < -0.4 is 14.8 Å². The number of methoxy groups -OCH3 is 2. The van der Waals surface area contributed by atoms with Crippen molar-refractivity contribution in [2.75, 3.05) is 19.5 Å². The van der Waals surface area contributed by atoms with Crippen molar-refractivity contribution in [1.29, 1.82) is 0 Å². The molecule has 1 N–H and O–H groups in total. The molecule has 0 saturated heterocycles. The molecule has 30 heavy (non-hydrogen) atoms. The minimum atomic E-state index is -0.357. The molecule has 1 aromatic heterocycles. The molecule has 0 atom stereocenters. The van der Waals surface area contributed by atoms with Gasteiger partial charge in [0.1, 0.15) is 0 Å². The van der Waals surface area contributed by atoms with Gasteiger partial charge in [-0.3, -0.25) is 14.9 Å². The van der Waals surface area contributed by atoms with Gasteiger partial charge in [-0.15, -0.1) is 6.58 Å². The van der Waals surface area contributed by atoms with Crippen molar-refractivity contribution in [3.05, 3.63) is 71.1 Å². The van der Waals surface area contributed by atoms with Gasteiger partial charge in [0.15, 0.2) is 22.4 Å². The van der Waals surface area contributed by atoms with Gasteiger partial charge in [0.05, 0.1) is 24.8 Å². The maximum atomic E-state index is 12.9. The average Bonchev–Trinajstić information content (AvgIpc) is 3.18. The van der Waals surface area contributed by atoms with Crippen LogP contribution in [-0.4, -0.2) is 30.9 Å². The highest BCUT2D eigenvalue weighted by Gasteiger charge is 2.20. The first-order valence-corrected chi connectivity index (χ1v) is 10.0.